The maximum Gasteiger partial charge on any atom is 0.238 e. The van der Waals surface area contributed by atoms with Crippen molar-refractivity contribution in [2.24, 2.45) is 0 Å². The highest BCUT2D eigenvalue weighted by molar-refractivity contribution is 7.16. The number of carbonyl (C=O) groups is 1. The van der Waals surface area contributed by atoms with Gasteiger partial charge in [-0.05, 0) is 48.4 Å². The average Bonchev–Trinajstić information content (AvgIpc) is 3.46. The summed E-state index contributed by atoms with van der Waals surface area (Å²) in [6.07, 6.45) is 3.81. The average molecular weight is 492 g/mol. The number of rotatable bonds is 6. The van der Waals surface area contributed by atoms with Crippen LogP contribution in [-0.4, -0.2) is 77.5 Å². The first kappa shape index (κ1) is 23.0. The summed E-state index contributed by atoms with van der Waals surface area (Å²) in [6, 6.07) is 8.95. The zero-order valence-electron chi connectivity index (χ0n) is 20.2. The minimum atomic E-state index is -0.218. The van der Waals surface area contributed by atoms with Crippen molar-refractivity contribution in [1.82, 2.24) is 30.4 Å². The lowest BCUT2D eigenvalue weighted by Crippen LogP contribution is -2.59. The minimum Gasteiger partial charge on any atom is -0.325 e. The third-order valence-electron chi connectivity index (χ3n) is 7.65. The Labute approximate surface area is 210 Å². The number of amides is 1. The number of hydrogen-bond donors (Lipinski definition) is 3. The molecule has 3 saturated heterocycles. The number of nitrogens with one attached hydrogen (secondary N) is 3. The molecule has 6 rings (SSSR count). The minimum absolute atomic E-state index is 0.0484. The van der Waals surface area contributed by atoms with Crippen LogP contribution in [0.25, 0.3) is 10.2 Å². The summed E-state index contributed by atoms with van der Waals surface area (Å²) in [5.41, 5.74) is 4.12. The van der Waals surface area contributed by atoms with Crippen LogP contribution in [0, 0.1) is 6.92 Å². The molecule has 35 heavy (non-hydrogen) atoms. The number of carbonyl (C=O) groups excluding carboxylic acids is 1. The van der Waals surface area contributed by atoms with E-state index in [1.165, 1.54) is 5.56 Å². The molecule has 0 radical (unpaired) electrons. The maximum atomic E-state index is 13.2. The summed E-state index contributed by atoms with van der Waals surface area (Å²) in [6.45, 7) is 9.23. The van der Waals surface area contributed by atoms with Crippen molar-refractivity contribution >= 4 is 33.1 Å². The van der Waals surface area contributed by atoms with Crippen molar-refractivity contribution < 1.29 is 4.79 Å². The monoisotopic (exact) mass is 491 g/mol. The Hall–Kier alpha value is -2.43. The number of benzene rings is 1. The van der Waals surface area contributed by atoms with Gasteiger partial charge in [0.1, 0.15) is 11.2 Å². The fourth-order valence-corrected chi connectivity index (χ4v) is 6.68. The summed E-state index contributed by atoms with van der Waals surface area (Å²) in [5, 5.41) is 13.7. The molecule has 184 valence electrons. The van der Waals surface area contributed by atoms with Gasteiger partial charge in [0.05, 0.1) is 17.8 Å². The smallest absolute Gasteiger partial charge is 0.238 e. The lowest BCUT2D eigenvalue weighted by atomic mass is 9.90. The second kappa shape index (κ2) is 9.55. The normalized spacial score (nSPS) is 25.2. The molecule has 2 unspecified atom stereocenters. The maximum absolute atomic E-state index is 13.2. The van der Waals surface area contributed by atoms with Crippen LogP contribution in [0.3, 0.4) is 0 Å². The van der Waals surface area contributed by atoms with Crippen molar-refractivity contribution in [2.75, 3.05) is 51.1 Å². The number of anilines is 1. The highest BCUT2D eigenvalue weighted by atomic mass is 32.1. The molecule has 3 aromatic rings. The van der Waals surface area contributed by atoms with E-state index in [1.54, 1.807) is 17.7 Å². The van der Waals surface area contributed by atoms with E-state index < -0.39 is 0 Å². The summed E-state index contributed by atoms with van der Waals surface area (Å²) in [4.78, 5) is 28.1. The van der Waals surface area contributed by atoms with Gasteiger partial charge >= 0.3 is 0 Å². The van der Waals surface area contributed by atoms with Crippen LogP contribution in [0.4, 0.5) is 5.69 Å². The van der Waals surface area contributed by atoms with E-state index in [-0.39, 0.29) is 11.4 Å². The number of aryl methyl sites for hydroxylation is 1. The van der Waals surface area contributed by atoms with Gasteiger partial charge in [0.15, 0.2) is 0 Å². The number of aromatic nitrogens is 2. The highest BCUT2D eigenvalue weighted by Crippen LogP contribution is 2.40. The van der Waals surface area contributed by atoms with Gasteiger partial charge in [-0.15, -0.1) is 11.3 Å². The molecule has 0 aliphatic carbocycles. The van der Waals surface area contributed by atoms with Crippen molar-refractivity contribution in [3.8, 4) is 0 Å². The highest BCUT2D eigenvalue weighted by Gasteiger charge is 2.47. The predicted molar refractivity (Wildman–Crippen MR) is 140 cm³/mol. The zero-order valence-corrected chi connectivity index (χ0v) is 21.0. The molecule has 2 aromatic heterocycles. The standard InChI is InChI=1S/C26H33N7OS/c1-18-2-3-19(13-32-9-7-27-8-10-32)12-22(18)30-23(34)15-33-14-20-4-6-26(16-33,31-20)24-21-5-11-35-25(21)29-17-28-24/h2-3,5,11-12,17,20,27,31H,4,6-10,13-16H2,1H3,(H,30,34). The van der Waals surface area contributed by atoms with Gasteiger partial charge in [-0.25, -0.2) is 9.97 Å². The van der Waals surface area contributed by atoms with Crippen LogP contribution >= 0.6 is 11.3 Å². The summed E-state index contributed by atoms with van der Waals surface area (Å²) in [7, 11) is 0. The van der Waals surface area contributed by atoms with E-state index in [9.17, 15) is 4.79 Å². The molecule has 9 heteroatoms. The van der Waals surface area contributed by atoms with Gasteiger partial charge in [0.25, 0.3) is 0 Å². The Kier molecular flexibility index (Phi) is 6.28. The number of piperazine rings is 2. The molecule has 3 aliphatic heterocycles. The van der Waals surface area contributed by atoms with Gasteiger partial charge in [-0.1, -0.05) is 12.1 Å². The number of thiophene rings is 1. The van der Waals surface area contributed by atoms with Crippen molar-refractivity contribution in [3.63, 3.8) is 0 Å². The molecule has 2 atom stereocenters. The summed E-state index contributed by atoms with van der Waals surface area (Å²) < 4.78 is 0. The van der Waals surface area contributed by atoms with E-state index in [1.807, 2.05) is 0 Å². The Morgan fingerprint density at radius 3 is 3.00 bits per heavy atom. The Morgan fingerprint density at radius 2 is 2.11 bits per heavy atom. The van der Waals surface area contributed by atoms with Gasteiger partial charge in [0, 0.05) is 62.9 Å². The third kappa shape index (κ3) is 4.71. The molecule has 0 spiro atoms. The zero-order chi connectivity index (χ0) is 23.8. The molecule has 1 amide bonds. The van der Waals surface area contributed by atoms with Crippen molar-refractivity contribution in [3.05, 3.63) is 52.8 Å². The van der Waals surface area contributed by atoms with Gasteiger partial charge < -0.3 is 16.0 Å². The molecule has 3 aliphatic rings. The molecular weight excluding hydrogens is 458 g/mol. The quantitative estimate of drug-likeness (QED) is 0.488. The Morgan fingerprint density at radius 1 is 1.23 bits per heavy atom. The fraction of sp³-hybridized carbons (Fsp3) is 0.500. The van der Waals surface area contributed by atoms with Crippen LogP contribution in [0.2, 0.25) is 0 Å². The topological polar surface area (TPSA) is 85.4 Å². The Balaban J connectivity index is 1.14. The van der Waals surface area contributed by atoms with Crippen LogP contribution in [0.5, 0.6) is 0 Å². The van der Waals surface area contributed by atoms with E-state index in [0.29, 0.717) is 12.6 Å². The number of likely N-dealkylation sites (tertiary alicyclic amines) is 1. The van der Waals surface area contributed by atoms with E-state index in [2.05, 4.69) is 67.3 Å². The van der Waals surface area contributed by atoms with Gasteiger partial charge in [-0.2, -0.15) is 0 Å². The van der Waals surface area contributed by atoms with Crippen molar-refractivity contribution in [1.29, 1.82) is 0 Å². The lowest BCUT2D eigenvalue weighted by molar-refractivity contribution is -0.117. The largest absolute Gasteiger partial charge is 0.325 e. The van der Waals surface area contributed by atoms with E-state index in [0.717, 1.165) is 85.8 Å². The first-order valence-corrected chi connectivity index (χ1v) is 13.5. The molecule has 3 N–H and O–H groups in total. The first-order valence-electron chi connectivity index (χ1n) is 12.6. The number of nitrogens with zero attached hydrogens (tertiary/aromatic N) is 4. The molecule has 5 heterocycles. The Bertz CT molecular complexity index is 1220. The van der Waals surface area contributed by atoms with Gasteiger partial charge in [0.2, 0.25) is 5.91 Å². The number of fused-ring (bicyclic) bond motifs is 3. The molecule has 2 bridgehead atoms. The van der Waals surface area contributed by atoms with E-state index >= 15 is 0 Å². The fourth-order valence-electron chi connectivity index (χ4n) is 5.95. The molecule has 3 fully saturated rings. The van der Waals surface area contributed by atoms with Crippen molar-refractivity contribution in [2.45, 2.75) is 37.9 Å². The predicted octanol–water partition coefficient (Wildman–Crippen LogP) is 2.31. The van der Waals surface area contributed by atoms with Gasteiger partial charge in [-0.3, -0.25) is 14.6 Å². The van der Waals surface area contributed by atoms with Crippen LogP contribution in [0.15, 0.2) is 36.0 Å². The van der Waals surface area contributed by atoms with Crippen LogP contribution in [0.1, 0.15) is 29.7 Å². The van der Waals surface area contributed by atoms with Crippen LogP contribution in [-0.2, 0) is 16.9 Å². The first-order chi connectivity index (χ1) is 17.1. The molecule has 0 saturated carbocycles. The second-order valence-electron chi connectivity index (χ2n) is 10.2. The summed E-state index contributed by atoms with van der Waals surface area (Å²) >= 11 is 1.65. The third-order valence-corrected chi connectivity index (χ3v) is 8.47. The molecule has 1 aromatic carbocycles. The van der Waals surface area contributed by atoms with Crippen LogP contribution < -0.4 is 16.0 Å². The van der Waals surface area contributed by atoms with E-state index in [4.69, 9.17) is 4.98 Å². The number of hydrogen-bond acceptors (Lipinski definition) is 8. The summed E-state index contributed by atoms with van der Waals surface area (Å²) in [5.74, 6) is 0.0484. The molecule has 8 nitrogen and oxygen atoms in total. The SMILES string of the molecule is Cc1ccc(CN2CCNCC2)cc1NC(=O)CN1CC2CCC(c3ncnc4sccc34)(C1)N2. The second-order valence-corrected chi connectivity index (χ2v) is 11.1. The lowest BCUT2D eigenvalue weighted by Gasteiger charge is -2.41. The molecular formula is C26H33N7OS.